The van der Waals surface area contributed by atoms with Crippen molar-refractivity contribution in [2.24, 2.45) is 0 Å². The number of carbonyl (C=O) groups excluding carboxylic acids is 2. The molecule has 9 heteroatoms. The molecule has 184 valence electrons. The van der Waals surface area contributed by atoms with Crippen LogP contribution in [0.2, 0.25) is 0 Å². The van der Waals surface area contributed by atoms with Gasteiger partial charge in [0.25, 0.3) is 0 Å². The largest absolute Gasteiger partial charge is 0.497 e. The summed E-state index contributed by atoms with van der Waals surface area (Å²) >= 11 is 0. The number of aromatic nitrogens is 1. The number of pyridine rings is 1. The van der Waals surface area contributed by atoms with E-state index in [1.807, 2.05) is 0 Å². The van der Waals surface area contributed by atoms with Crippen molar-refractivity contribution >= 4 is 28.3 Å². The number of amides is 1. The van der Waals surface area contributed by atoms with Gasteiger partial charge in [-0.15, -0.1) is 0 Å². The zero-order chi connectivity index (χ0) is 25.8. The molecule has 0 aliphatic rings. The molecule has 0 bridgehead atoms. The third-order valence-electron chi connectivity index (χ3n) is 5.63. The Morgan fingerprint density at radius 1 is 0.889 bits per heavy atom. The fourth-order valence-electron chi connectivity index (χ4n) is 3.82. The summed E-state index contributed by atoms with van der Waals surface area (Å²) in [7, 11) is 4.47. The second kappa shape index (κ2) is 10.3. The quantitative estimate of drug-likeness (QED) is 0.375. The van der Waals surface area contributed by atoms with Crippen molar-refractivity contribution in [2.45, 2.75) is 6.54 Å². The average molecular weight is 490 g/mol. The van der Waals surface area contributed by atoms with E-state index in [1.54, 1.807) is 30.3 Å². The molecule has 0 spiro atoms. The average Bonchev–Trinajstić information content (AvgIpc) is 2.89. The molecule has 4 rings (SSSR count). The minimum Gasteiger partial charge on any atom is -0.497 e. The molecule has 0 aliphatic carbocycles. The Kier molecular flexibility index (Phi) is 7.00. The van der Waals surface area contributed by atoms with Crippen LogP contribution >= 0.6 is 0 Å². The minimum absolute atomic E-state index is 0.0128. The second-order valence-electron chi connectivity index (χ2n) is 7.83. The van der Waals surface area contributed by atoms with Gasteiger partial charge in [0.1, 0.15) is 29.6 Å². The molecule has 1 aromatic heterocycles. The number of carbonyl (C=O) groups is 2. The van der Waals surface area contributed by atoms with Gasteiger partial charge in [0.15, 0.2) is 5.78 Å². The number of anilines is 1. The zero-order valence-electron chi connectivity index (χ0n) is 19.8. The van der Waals surface area contributed by atoms with Crippen LogP contribution in [0.1, 0.15) is 15.9 Å². The van der Waals surface area contributed by atoms with Crippen LogP contribution in [0.5, 0.6) is 17.2 Å². The van der Waals surface area contributed by atoms with Crippen LogP contribution in [-0.4, -0.2) is 37.6 Å². The third kappa shape index (κ3) is 4.90. The first-order valence-corrected chi connectivity index (χ1v) is 10.9. The second-order valence-corrected chi connectivity index (χ2v) is 7.83. The Balaban J connectivity index is 1.74. The molecule has 4 aromatic rings. The predicted molar refractivity (Wildman–Crippen MR) is 133 cm³/mol. The Labute approximate surface area is 205 Å². The topological polar surface area (TPSA) is 95.9 Å². The van der Waals surface area contributed by atoms with Crippen molar-refractivity contribution in [3.8, 4) is 17.2 Å². The molecule has 1 N–H and O–H groups in total. The van der Waals surface area contributed by atoms with Crippen molar-refractivity contribution in [3.05, 3.63) is 94.0 Å². The first kappa shape index (κ1) is 24.5. The van der Waals surface area contributed by atoms with Gasteiger partial charge in [-0.25, -0.2) is 4.39 Å². The van der Waals surface area contributed by atoms with E-state index in [1.165, 1.54) is 56.4 Å². The maximum absolute atomic E-state index is 14.0. The molecule has 1 amide bonds. The van der Waals surface area contributed by atoms with Crippen LogP contribution in [0.25, 0.3) is 10.9 Å². The van der Waals surface area contributed by atoms with Gasteiger partial charge in [0.2, 0.25) is 11.3 Å². The van der Waals surface area contributed by atoms with Gasteiger partial charge in [-0.05, 0) is 54.6 Å². The van der Waals surface area contributed by atoms with Crippen LogP contribution < -0.4 is 25.0 Å². The number of ether oxygens (including phenoxy) is 3. The molecule has 0 saturated carbocycles. The van der Waals surface area contributed by atoms with Crippen molar-refractivity contribution in [2.75, 3.05) is 26.6 Å². The number of benzene rings is 3. The fourth-order valence-corrected chi connectivity index (χ4v) is 3.82. The lowest BCUT2D eigenvalue weighted by molar-refractivity contribution is -0.116. The van der Waals surface area contributed by atoms with E-state index in [-0.39, 0.29) is 23.1 Å². The lowest BCUT2D eigenvalue weighted by Crippen LogP contribution is -2.24. The highest BCUT2D eigenvalue weighted by atomic mass is 19.1. The summed E-state index contributed by atoms with van der Waals surface area (Å²) in [5, 5.41) is 2.74. The van der Waals surface area contributed by atoms with Crippen molar-refractivity contribution in [1.29, 1.82) is 0 Å². The number of rotatable bonds is 8. The predicted octanol–water partition coefficient (Wildman–Crippen LogP) is 4.04. The van der Waals surface area contributed by atoms with Crippen LogP contribution in [0.3, 0.4) is 0 Å². The summed E-state index contributed by atoms with van der Waals surface area (Å²) < 4.78 is 31.1. The Hall–Kier alpha value is -4.66. The van der Waals surface area contributed by atoms with Crippen LogP contribution in [0.15, 0.2) is 71.7 Å². The first-order chi connectivity index (χ1) is 17.3. The Bertz CT molecular complexity index is 1510. The number of fused-ring (bicyclic) bond motifs is 1. The van der Waals surface area contributed by atoms with E-state index in [0.717, 1.165) is 6.07 Å². The Morgan fingerprint density at radius 2 is 1.58 bits per heavy atom. The molecule has 8 nitrogen and oxygen atoms in total. The van der Waals surface area contributed by atoms with E-state index >= 15 is 0 Å². The molecule has 3 aromatic carbocycles. The molecule has 0 aliphatic heterocycles. The summed E-state index contributed by atoms with van der Waals surface area (Å²) in [6.07, 6.45) is 1.32. The fraction of sp³-hybridized carbons (Fsp3) is 0.148. The summed E-state index contributed by atoms with van der Waals surface area (Å²) in [5.74, 6) is -0.162. The lowest BCUT2D eigenvalue weighted by atomic mass is 10.0. The van der Waals surface area contributed by atoms with Gasteiger partial charge < -0.3 is 24.1 Å². The van der Waals surface area contributed by atoms with Crippen molar-refractivity contribution < 1.29 is 28.2 Å². The molecule has 0 radical (unpaired) electrons. The highest BCUT2D eigenvalue weighted by Crippen LogP contribution is 2.29. The van der Waals surface area contributed by atoms with E-state index in [9.17, 15) is 18.8 Å². The summed E-state index contributed by atoms with van der Waals surface area (Å²) in [5.41, 5.74) is 0.121. The molecule has 0 unspecified atom stereocenters. The number of nitrogens with one attached hydrogen (secondary N) is 1. The maximum Gasteiger partial charge on any atom is 0.244 e. The van der Waals surface area contributed by atoms with E-state index < -0.39 is 22.9 Å². The van der Waals surface area contributed by atoms with E-state index in [0.29, 0.717) is 28.5 Å². The minimum atomic E-state index is -0.634. The van der Waals surface area contributed by atoms with Crippen molar-refractivity contribution in [3.63, 3.8) is 0 Å². The molecular weight excluding hydrogens is 467 g/mol. The Morgan fingerprint density at radius 3 is 2.25 bits per heavy atom. The molecule has 1 heterocycles. The van der Waals surface area contributed by atoms with Gasteiger partial charge in [0.05, 0.1) is 38.1 Å². The molecule has 0 saturated heterocycles. The lowest BCUT2D eigenvalue weighted by Gasteiger charge is -2.15. The molecule has 0 fully saturated rings. The van der Waals surface area contributed by atoms with Gasteiger partial charge in [-0.2, -0.15) is 0 Å². The van der Waals surface area contributed by atoms with Crippen LogP contribution in [0, 0.1) is 5.82 Å². The van der Waals surface area contributed by atoms with Gasteiger partial charge in [-0.3, -0.25) is 14.4 Å². The van der Waals surface area contributed by atoms with Crippen molar-refractivity contribution in [1.82, 2.24) is 4.57 Å². The maximum atomic E-state index is 14.0. The normalized spacial score (nSPS) is 10.7. The number of ketones is 1. The standard InChI is InChI=1S/C27H23FN2O6/c1-34-18-7-4-16(5-8-18)26(32)21-14-30(23-10-6-17(28)12-20(23)27(21)33)15-25(31)29-22-13-19(35-2)9-11-24(22)36-3/h4-14H,15H2,1-3H3,(H,29,31). The SMILES string of the molecule is COc1ccc(C(=O)c2cn(CC(=O)Nc3cc(OC)ccc3OC)c3ccc(F)cc3c2=O)cc1. The van der Waals surface area contributed by atoms with Crippen LogP contribution in [-0.2, 0) is 11.3 Å². The highest BCUT2D eigenvalue weighted by Gasteiger charge is 2.19. The number of methoxy groups -OCH3 is 3. The van der Waals surface area contributed by atoms with Crippen LogP contribution in [0.4, 0.5) is 10.1 Å². The summed E-state index contributed by atoms with van der Waals surface area (Å²) in [6.45, 7) is -0.258. The number of nitrogens with zero attached hydrogens (tertiary/aromatic N) is 1. The number of halogens is 1. The third-order valence-corrected chi connectivity index (χ3v) is 5.63. The highest BCUT2D eigenvalue weighted by molar-refractivity contribution is 6.10. The van der Waals surface area contributed by atoms with Gasteiger partial charge in [-0.1, -0.05) is 0 Å². The number of hydrogen-bond acceptors (Lipinski definition) is 6. The summed E-state index contributed by atoms with van der Waals surface area (Å²) in [4.78, 5) is 39.3. The number of hydrogen-bond donors (Lipinski definition) is 1. The summed E-state index contributed by atoms with van der Waals surface area (Å²) in [6, 6.07) is 14.8. The molecule has 36 heavy (non-hydrogen) atoms. The van der Waals surface area contributed by atoms with E-state index in [2.05, 4.69) is 5.32 Å². The zero-order valence-corrected chi connectivity index (χ0v) is 19.8. The monoisotopic (exact) mass is 490 g/mol. The van der Waals surface area contributed by atoms with Gasteiger partial charge in [0, 0.05) is 23.2 Å². The van der Waals surface area contributed by atoms with E-state index in [4.69, 9.17) is 14.2 Å². The van der Waals surface area contributed by atoms with Gasteiger partial charge >= 0.3 is 0 Å². The molecular formula is C27H23FN2O6. The smallest absolute Gasteiger partial charge is 0.244 e. The molecule has 0 atom stereocenters. The first-order valence-electron chi connectivity index (χ1n) is 10.9.